The highest BCUT2D eigenvalue weighted by molar-refractivity contribution is 9.10. The van der Waals surface area contributed by atoms with Crippen LogP contribution in [0, 0.1) is 5.92 Å². The summed E-state index contributed by atoms with van der Waals surface area (Å²) in [7, 11) is 0. The molecule has 8 heteroatoms. The van der Waals surface area contributed by atoms with E-state index in [0.717, 1.165) is 24.9 Å². The van der Waals surface area contributed by atoms with Crippen molar-refractivity contribution in [2.45, 2.75) is 25.6 Å². The molecule has 2 fully saturated rings. The Balaban J connectivity index is 1.31. The standard InChI is InChI=1S/C21H23BrN2O5/c22-18-8-7-17(29-18)20(26)23-16-5-3-14(4-6-16)12-19(25)24-9-1-2-15(13-24)21-27-10-11-28-21/h3-8,15,21H,1-2,9-13H2,(H,23,26). The molecule has 0 bridgehead atoms. The molecule has 1 aromatic carbocycles. The van der Waals surface area contributed by atoms with Crippen molar-refractivity contribution >= 4 is 33.4 Å². The Bertz CT molecular complexity index is 860. The molecule has 2 saturated heterocycles. The third-order valence-corrected chi connectivity index (χ3v) is 5.63. The summed E-state index contributed by atoms with van der Waals surface area (Å²) in [5.41, 5.74) is 1.55. The van der Waals surface area contributed by atoms with Crippen molar-refractivity contribution in [3.8, 4) is 0 Å². The first kappa shape index (κ1) is 20.1. The Morgan fingerprint density at radius 1 is 1.10 bits per heavy atom. The molecule has 1 aromatic heterocycles. The molecule has 1 N–H and O–H groups in total. The molecule has 4 rings (SSSR count). The van der Waals surface area contributed by atoms with Crippen molar-refractivity contribution in [3.05, 3.63) is 52.4 Å². The van der Waals surface area contributed by atoms with Crippen LogP contribution in [0.1, 0.15) is 29.0 Å². The second kappa shape index (κ2) is 9.11. The van der Waals surface area contributed by atoms with Crippen LogP contribution in [0.15, 0.2) is 45.5 Å². The van der Waals surface area contributed by atoms with Gasteiger partial charge in [0.05, 0.1) is 19.6 Å². The Morgan fingerprint density at radius 3 is 2.55 bits per heavy atom. The van der Waals surface area contributed by atoms with Gasteiger partial charge in [0.2, 0.25) is 5.91 Å². The smallest absolute Gasteiger partial charge is 0.291 e. The number of carbonyl (C=O) groups excluding carboxylic acids is 2. The lowest BCUT2D eigenvalue weighted by Crippen LogP contribution is -2.44. The molecule has 0 spiro atoms. The van der Waals surface area contributed by atoms with Crippen molar-refractivity contribution in [2.75, 3.05) is 31.6 Å². The second-order valence-corrected chi connectivity index (χ2v) is 8.07. The molecule has 1 atom stereocenters. The average molecular weight is 463 g/mol. The van der Waals surface area contributed by atoms with E-state index < -0.39 is 0 Å². The van der Waals surface area contributed by atoms with Crippen LogP contribution in [0.5, 0.6) is 0 Å². The summed E-state index contributed by atoms with van der Waals surface area (Å²) in [5.74, 6) is 0.251. The van der Waals surface area contributed by atoms with Crippen molar-refractivity contribution in [2.24, 2.45) is 5.92 Å². The number of anilines is 1. The molecule has 2 amide bonds. The lowest BCUT2D eigenvalue weighted by molar-refractivity contribution is -0.138. The minimum absolute atomic E-state index is 0.102. The summed E-state index contributed by atoms with van der Waals surface area (Å²) in [6.45, 7) is 2.72. The monoisotopic (exact) mass is 462 g/mol. The number of halogens is 1. The molecule has 29 heavy (non-hydrogen) atoms. The predicted molar refractivity (Wildman–Crippen MR) is 110 cm³/mol. The summed E-state index contributed by atoms with van der Waals surface area (Å²) < 4.78 is 17.0. The molecular formula is C21H23BrN2O5. The van der Waals surface area contributed by atoms with Gasteiger partial charge in [-0.05, 0) is 58.6 Å². The van der Waals surface area contributed by atoms with Crippen LogP contribution in [0.25, 0.3) is 0 Å². The van der Waals surface area contributed by atoms with E-state index in [9.17, 15) is 9.59 Å². The second-order valence-electron chi connectivity index (χ2n) is 7.28. The van der Waals surface area contributed by atoms with Gasteiger partial charge in [-0.3, -0.25) is 9.59 Å². The molecule has 0 saturated carbocycles. The molecule has 1 unspecified atom stereocenters. The highest BCUT2D eigenvalue weighted by atomic mass is 79.9. The first-order valence-corrected chi connectivity index (χ1v) is 10.5. The maximum absolute atomic E-state index is 12.7. The third kappa shape index (κ3) is 5.07. The van der Waals surface area contributed by atoms with Gasteiger partial charge in [0.15, 0.2) is 16.7 Å². The SMILES string of the molecule is O=C(Nc1ccc(CC(=O)N2CCCC(C3OCCO3)C2)cc1)c1ccc(Br)o1. The number of benzene rings is 1. The normalized spacial score (nSPS) is 20.0. The van der Waals surface area contributed by atoms with Gasteiger partial charge in [-0.15, -0.1) is 0 Å². The zero-order valence-electron chi connectivity index (χ0n) is 15.9. The minimum Gasteiger partial charge on any atom is -0.444 e. The number of nitrogens with zero attached hydrogens (tertiary/aromatic N) is 1. The predicted octanol–water partition coefficient (Wildman–Crippen LogP) is 3.45. The highest BCUT2D eigenvalue weighted by Gasteiger charge is 2.32. The maximum atomic E-state index is 12.7. The number of carbonyl (C=O) groups is 2. The largest absolute Gasteiger partial charge is 0.444 e. The van der Waals surface area contributed by atoms with E-state index in [1.807, 2.05) is 17.0 Å². The number of amides is 2. The third-order valence-electron chi connectivity index (χ3n) is 5.21. The van der Waals surface area contributed by atoms with Crippen molar-refractivity contribution in [1.82, 2.24) is 4.90 Å². The van der Waals surface area contributed by atoms with Crippen LogP contribution in [0.3, 0.4) is 0 Å². The van der Waals surface area contributed by atoms with E-state index in [1.54, 1.807) is 24.3 Å². The Hall–Kier alpha value is -2.16. The first-order chi connectivity index (χ1) is 14.1. The Labute approximate surface area is 177 Å². The van der Waals surface area contributed by atoms with Crippen molar-refractivity contribution in [1.29, 1.82) is 0 Å². The van der Waals surface area contributed by atoms with Crippen LogP contribution in [0.4, 0.5) is 5.69 Å². The van der Waals surface area contributed by atoms with Gasteiger partial charge >= 0.3 is 0 Å². The summed E-state index contributed by atoms with van der Waals surface area (Å²) >= 11 is 3.18. The number of furan rings is 1. The number of hydrogen-bond donors (Lipinski definition) is 1. The van der Waals surface area contributed by atoms with Gasteiger partial charge < -0.3 is 24.1 Å². The molecule has 3 heterocycles. The fourth-order valence-corrected chi connectivity index (χ4v) is 4.04. The number of piperidine rings is 1. The van der Waals surface area contributed by atoms with Gasteiger partial charge in [-0.1, -0.05) is 12.1 Å². The molecule has 2 aliphatic rings. The highest BCUT2D eigenvalue weighted by Crippen LogP contribution is 2.25. The fourth-order valence-electron chi connectivity index (χ4n) is 3.73. The number of likely N-dealkylation sites (tertiary alicyclic amines) is 1. The van der Waals surface area contributed by atoms with E-state index in [2.05, 4.69) is 21.2 Å². The zero-order chi connectivity index (χ0) is 20.2. The van der Waals surface area contributed by atoms with Crippen LogP contribution in [0.2, 0.25) is 0 Å². The molecular weight excluding hydrogens is 440 g/mol. The van der Waals surface area contributed by atoms with Gasteiger partial charge in [-0.2, -0.15) is 0 Å². The molecule has 0 aliphatic carbocycles. The summed E-state index contributed by atoms with van der Waals surface area (Å²) in [6, 6.07) is 10.6. The summed E-state index contributed by atoms with van der Waals surface area (Å²) in [4.78, 5) is 26.8. The van der Waals surface area contributed by atoms with Gasteiger partial charge in [0.25, 0.3) is 5.91 Å². The van der Waals surface area contributed by atoms with Crippen LogP contribution < -0.4 is 5.32 Å². The van der Waals surface area contributed by atoms with E-state index in [1.165, 1.54) is 0 Å². The van der Waals surface area contributed by atoms with Gasteiger partial charge in [0.1, 0.15) is 0 Å². The van der Waals surface area contributed by atoms with Gasteiger partial charge in [0, 0.05) is 24.7 Å². The molecule has 7 nitrogen and oxygen atoms in total. The van der Waals surface area contributed by atoms with E-state index >= 15 is 0 Å². The van der Waals surface area contributed by atoms with Crippen LogP contribution in [-0.2, 0) is 20.7 Å². The van der Waals surface area contributed by atoms with E-state index in [-0.39, 0.29) is 29.8 Å². The molecule has 2 aromatic rings. The fraction of sp³-hybridized carbons (Fsp3) is 0.429. The van der Waals surface area contributed by atoms with Crippen LogP contribution >= 0.6 is 15.9 Å². The number of rotatable bonds is 5. The van der Waals surface area contributed by atoms with Crippen LogP contribution in [-0.4, -0.2) is 49.3 Å². The van der Waals surface area contributed by atoms with Crippen molar-refractivity contribution < 1.29 is 23.5 Å². The molecule has 154 valence electrons. The van der Waals surface area contributed by atoms with Gasteiger partial charge in [-0.25, -0.2) is 0 Å². The summed E-state index contributed by atoms with van der Waals surface area (Å²) in [5, 5.41) is 2.78. The van der Waals surface area contributed by atoms with E-state index in [0.29, 0.717) is 36.5 Å². The Kier molecular flexibility index (Phi) is 6.32. The Morgan fingerprint density at radius 2 is 1.86 bits per heavy atom. The first-order valence-electron chi connectivity index (χ1n) is 9.75. The number of nitrogens with one attached hydrogen (secondary N) is 1. The van der Waals surface area contributed by atoms with E-state index in [4.69, 9.17) is 13.9 Å². The quantitative estimate of drug-likeness (QED) is 0.735. The average Bonchev–Trinajstić information content (AvgIpc) is 3.41. The molecule has 2 aliphatic heterocycles. The van der Waals surface area contributed by atoms with Crippen molar-refractivity contribution in [3.63, 3.8) is 0 Å². The summed E-state index contributed by atoms with van der Waals surface area (Å²) in [6.07, 6.45) is 2.14. The zero-order valence-corrected chi connectivity index (χ0v) is 17.5. The minimum atomic E-state index is -0.324. The number of hydrogen-bond acceptors (Lipinski definition) is 5. The maximum Gasteiger partial charge on any atom is 0.291 e. The number of ether oxygens (including phenoxy) is 2. The lowest BCUT2D eigenvalue weighted by Gasteiger charge is -2.34. The lowest BCUT2D eigenvalue weighted by atomic mass is 9.96. The topological polar surface area (TPSA) is 81.0 Å². The molecule has 0 radical (unpaired) electrons.